The molecule has 0 radical (unpaired) electrons. The minimum atomic E-state index is -4.54. The van der Waals surface area contributed by atoms with Crippen molar-refractivity contribution in [3.05, 3.63) is 71.2 Å². The predicted molar refractivity (Wildman–Crippen MR) is 107 cm³/mol. The van der Waals surface area contributed by atoms with Gasteiger partial charge in [0.1, 0.15) is 12.2 Å². The Labute approximate surface area is 181 Å². The van der Waals surface area contributed by atoms with Crippen LogP contribution in [0.2, 0.25) is 0 Å². The summed E-state index contributed by atoms with van der Waals surface area (Å²) < 4.78 is 68.3. The van der Waals surface area contributed by atoms with Gasteiger partial charge in [0.05, 0.1) is 11.9 Å². The first-order valence-corrected chi connectivity index (χ1v) is 11.0. The Morgan fingerprint density at radius 2 is 1.81 bits per heavy atom. The number of amides is 1. The van der Waals surface area contributed by atoms with Crippen molar-refractivity contribution in [1.29, 1.82) is 0 Å². The molecule has 0 atom stereocenters. The molecule has 1 aromatic carbocycles. The lowest BCUT2D eigenvalue weighted by atomic mass is 10.2. The van der Waals surface area contributed by atoms with E-state index in [0.29, 0.717) is 11.5 Å². The molecule has 2 heterocycles. The first kappa shape index (κ1) is 23.2. The topological polar surface area (TPSA) is 118 Å². The number of pyridine rings is 1. The lowest BCUT2D eigenvalue weighted by Crippen LogP contribution is -2.29. The van der Waals surface area contributed by atoms with E-state index >= 15 is 0 Å². The molecule has 2 aromatic heterocycles. The number of halogens is 3. The number of carbonyl (C=O) groups is 1. The average molecular weight is 469 g/mol. The van der Waals surface area contributed by atoms with E-state index in [2.05, 4.69) is 20.5 Å². The number of benzene rings is 1. The Kier molecular flexibility index (Phi) is 6.48. The van der Waals surface area contributed by atoms with Crippen LogP contribution in [0, 0.1) is 6.92 Å². The second-order valence-corrected chi connectivity index (χ2v) is 8.67. The first-order chi connectivity index (χ1) is 14.9. The van der Waals surface area contributed by atoms with Crippen LogP contribution in [0.1, 0.15) is 33.4 Å². The maximum Gasteiger partial charge on any atom is 0.433 e. The van der Waals surface area contributed by atoms with Gasteiger partial charge in [0.25, 0.3) is 5.91 Å². The molecular weight excluding hydrogens is 451 g/mol. The van der Waals surface area contributed by atoms with Crippen LogP contribution in [0.15, 0.2) is 47.0 Å². The zero-order chi connectivity index (χ0) is 23.5. The number of nitrogens with zero attached hydrogens (tertiary/aromatic N) is 4. The van der Waals surface area contributed by atoms with Crippen LogP contribution in [-0.4, -0.2) is 35.8 Å². The van der Waals surface area contributed by atoms with E-state index < -0.39 is 27.8 Å². The predicted octanol–water partition coefficient (Wildman–Crippen LogP) is 2.69. The molecule has 0 saturated heterocycles. The van der Waals surface area contributed by atoms with Crippen LogP contribution < -0.4 is 9.62 Å². The number of aromatic nitrogens is 3. The number of rotatable bonds is 7. The van der Waals surface area contributed by atoms with E-state index in [-0.39, 0.29) is 30.2 Å². The Morgan fingerprint density at radius 1 is 1.12 bits per heavy atom. The summed E-state index contributed by atoms with van der Waals surface area (Å²) in [4.78, 5) is 15.7. The number of alkyl halides is 3. The fourth-order valence-corrected chi connectivity index (χ4v) is 3.53. The molecule has 0 aliphatic carbocycles. The SMILES string of the molecule is Cc1nnc(CN(c2ccc(C(=O)NCc3ccc(C(F)(F)F)nc3)cc2)S(C)(=O)=O)o1. The molecule has 3 rings (SSSR count). The Morgan fingerprint density at radius 3 is 2.31 bits per heavy atom. The molecule has 0 bridgehead atoms. The van der Waals surface area contributed by atoms with Gasteiger partial charge in [-0.2, -0.15) is 13.2 Å². The molecule has 9 nitrogen and oxygen atoms in total. The summed E-state index contributed by atoms with van der Waals surface area (Å²) in [6.45, 7) is 1.37. The number of aryl methyl sites for hydroxylation is 1. The monoisotopic (exact) mass is 469 g/mol. The lowest BCUT2D eigenvalue weighted by molar-refractivity contribution is -0.141. The van der Waals surface area contributed by atoms with Crippen molar-refractivity contribution in [2.75, 3.05) is 10.6 Å². The van der Waals surface area contributed by atoms with E-state index in [1.165, 1.54) is 30.3 Å². The average Bonchev–Trinajstić information content (AvgIpc) is 3.14. The van der Waals surface area contributed by atoms with Crippen LogP contribution in [0.3, 0.4) is 0 Å². The van der Waals surface area contributed by atoms with Crippen LogP contribution in [-0.2, 0) is 29.3 Å². The highest BCUT2D eigenvalue weighted by atomic mass is 32.2. The third kappa shape index (κ3) is 5.81. The van der Waals surface area contributed by atoms with Crippen LogP contribution >= 0.6 is 0 Å². The van der Waals surface area contributed by atoms with Crippen molar-refractivity contribution in [3.8, 4) is 0 Å². The summed E-state index contributed by atoms with van der Waals surface area (Å²) in [5, 5.41) is 10.0. The van der Waals surface area contributed by atoms with Crippen molar-refractivity contribution in [2.45, 2.75) is 26.2 Å². The van der Waals surface area contributed by atoms with Crippen molar-refractivity contribution >= 4 is 21.6 Å². The van der Waals surface area contributed by atoms with Crippen molar-refractivity contribution < 1.29 is 30.8 Å². The molecule has 0 aliphatic rings. The second kappa shape index (κ2) is 8.94. The normalized spacial score (nSPS) is 11.9. The molecule has 1 N–H and O–H groups in total. The van der Waals surface area contributed by atoms with Crippen molar-refractivity contribution in [3.63, 3.8) is 0 Å². The molecule has 170 valence electrons. The van der Waals surface area contributed by atoms with Crippen molar-refractivity contribution in [2.24, 2.45) is 0 Å². The standard InChI is InChI=1S/C19H18F3N5O4S/c1-12-25-26-17(31-12)11-27(32(2,29)30)15-6-4-14(5-7-15)18(28)24-10-13-3-8-16(23-9-13)19(20,21)22/h3-9H,10-11H2,1-2H3,(H,24,28). The third-order valence-corrected chi connectivity index (χ3v) is 5.37. The van der Waals surface area contributed by atoms with Gasteiger partial charge in [-0.1, -0.05) is 6.07 Å². The summed E-state index contributed by atoms with van der Waals surface area (Å²) >= 11 is 0. The molecule has 13 heteroatoms. The number of hydrogen-bond acceptors (Lipinski definition) is 7. The van der Waals surface area contributed by atoms with E-state index in [0.717, 1.165) is 22.8 Å². The fourth-order valence-electron chi connectivity index (χ4n) is 2.68. The van der Waals surface area contributed by atoms with E-state index in [9.17, 15) is 26.4 Å². The molecule has 1 amide bonds. The Balaban J connectivity index is 1.67. The van der Waals surface area contributed by atoms with Gasteiger partial charge in [0, 0.05) is 25.2 Å². The number of carbonyl (C=O) groups excluding carboxylic acids is 1. The summed E-state index contributed by atoms with van der Waals surface area (Å²) in [5.41, 5.74) is -0.113. The van der Waals surface area contributed by atoms with E-state index in [1.807, 2.05) is 0 Å². The van der Waals surface area contributed by atoms with Gasteiger partial charge in [-0.05, 0) is 35.9 Å². The smallest absolute Gasteiger partial charge is 0.424 e. The molecular formula is C19H18F3N5O4S. The highest BCUT2D eigenvalue weighted by Gasteiger charge is 2.32. The molecule has 0 spiro atoms. The molecule has 0 unspecified atom stereocenters. The minimum absolute atomic E-state index is 0.0301. The zero-order valence-electron chi connectivity index (χ0n) is 16.9. The van der Waals surface area contributed by atoms with Crippen LogP contribution in [0.5, 0.6) is 0 Å². The number of nitrogens with one attached hydrogen (secondary N) is 1. The number of anilines is 1. The molecule has 32 heavy (non-hydrogen) atoms. The van der Waals surface area contributed by atoms with Gasteiger partial charge < -0.3 is 9.73 Å². The summed E-state index contributed by atoms with van der Waals surface area (Å²) in [6, 6.07) is 7.79. The molecule has 0 saturated carbocycles. The summed E-state index contributed by atoms with van der Waals surface area (Å²) in [6.07, 6.45) is -2.48. The fraction of sp³-hybridized carbons (Fsp3) is 0.263. The second-order valence-electron chi connectivity index (χ2n) is 6.76. The first-order valence-electron chi connectivity index (χ1n) is 9.10. The van der Waals surface area contributed by atoms with Crippen LogP contribution in [0.25, 0.3) is 0 Å². The minimum Gasteiger partial charge on any atom is -0.424 e. The molecule has 0 aliphatic heterocycles. The maximum atomic E-state index is 12.6. The van der Waals surface area contributed by atoms with E-state index in [1.54, 1.807) is 6.92 Å². The van der Waals surface area contributed by atoms with Gasteiger partial charge in [0.2, 0.25) is 21.8 Å². The highest BCUT2D eigenvalue weighted by molar-refractivity contribution is 7.92. The maximum absolute atomic E-state index is 12.6. The largest absolute Gasteiger partial charge is 0.433 e. The lowest BCUT2D eigenvalue weighted by Gasteiger charge is -2.20. The van der Waals surface area contributed by atoms with E-state index in [4.69, 9.17) is 4.42 Å². The van der Waals surface area contributed by atoms with Crippen LogP contribution in [0.4, 0.5) is 18.9 Å². The van der Waals surface area contributed by atoms with Gasteiger partial charge >= 0.3 is 6.18 Å². The van der Waals surface area contributed by atoms with Gasteiger partial charge in [-0.25, -0.2) is 8.42 Å². The Hall–Kier alpha value is -3.48. The third-order valence-electron chi connectivity index (χ3n) is 4.23. The molecule has 0 fully saturated rings. The number of hydrogen-bond donors (Lipinski definition) is 1. The molecule has 3 aromatic rings. The van der Waals surface area contributed by atoms with Gasteiger partial charge in [-0.3, -0.25) is 14.1 Å². The summed E-state index contributed by atoms with van der Waals surface area (Å²) in [7, 11) is -3.68. The number of sulfonamides is 1. The van der Waals surface area contributed by atoms with Gasteiger partial charge in [-0.15, -0.1) is 10.2 Å². The quantitative estimate of drug-likeness (QED) is 0.565. The zero-order valence-corrected chi connectivity index (χ0v) is 17.7. The van der Waals surface area contributed by atoms with Crippen molar-refractivity contribution in [1.82, 2.24) is 20.5 Å². The summed E-state index contributed by atoms with van der Waals surface area (Å²) in [5.74, 6) is -0.0847. The van der Waals surface area contributed by atoms with Gasteiger partial charge in [0.15, 0.2) is 0 Å². The Bertz CT molecular complexity index is 1190. The highest BCUT2D eigenvalue weighted by Crippen LogP contribution is 2.27.